The maximum absolute atomic E-state index is 6.51. The first-order valence-electron chi connectivity index (χ1n) is 14.1. The van der Waals surface area contributed by atoms with Crippen molar-refractivity contribution in [3.05, 3.63) is 96.8 Å². The Balaban J connectivity index is 1.83. The Morgan fingerprint density at radius 2 is 1.58 bits per heavy atom. The van der Waals surface area contributed by atoms with Gasteiger partial charge in [-0.1, -0.05) is 65.1 Å². The summed E-state index contributed by atoms with van der Waals surface area (Å²) >= 11 is 25.4. The van der Waals surface area contributed by atoms with E-state index in [-0.39, 0.29) is 17.1 Å². The molecule has 0 saturated carbocycles. The molecule has 2 heterocycles. The van der Waals surface area contributed by atoms with E-state index in [2.05, 4.69) is 55.5 Å². The van der Waals surface area contributed by atoms with Crippen molar-refractivity contribution in [1.82, 2.24) is 14.9 Å². The molecule has 5 nitrogen and oxygen atoms in total. The number of nitrogens with one attached hydrogen (secondary N) is 2. The lowest BCUT2D eigenvalue weighted by Gasteiger charge is -2.45. The standard InChI is InChI=1S/C34H35Cl4N5/c1-7-8-9-31-20(2)39-30-16-28(40-21-10-12-24(35)26(37)14-21)29(41-22-18-33(3,4)42-34(5,6)19-22)17-32(30)43(31)23-11-13-25(36)27(38)15-23/h7-17,22,40,42H,2,18-19H2,1,3-6H3/b8-7-,31-9+,41-29-. The Hall–Kier alpha value is -2.80. The van der Waals surface area contributed by atoms with Crippen LogP contribution in [0.25, 0.3) is 29.7 Å². The van der Waals surface area contributed by atoms with Crippen molar-refractivity contribution in [2.75, 3.05) is 5.32 Å². The van der Waals surface area contributed by atoms with Crippen LogP contribution in [-0.2, 0) is 0 Å². The van der Waals surface area contributed by atoms with Gasteiger partial charge in [0.25, 0.3) is 0 Å². The number of aromatic nitrogens is 2. The zero-order valence-electron chi connectivity index (χ0n) is 24.9. The molecule has 9 heteroatoms. The normalized spacial score (nSPS) is 17.7. The number of nitrogens with zero attached hydrogens (tertiary/aromatic N) is 3. The third kappa shape index (κ3) is 7.13. The number of piperidine rings is 1. The molecule has 2 aromatic carbocycles. The smallest absolute Gasteiger partial charge is 0.0900 e. The van der Waals surface area contributed by atoms with E-state index in [4.69, 9.17) is 56.4 Å². The molecule has 0 aromatic heterocycles. The van der Waals surface area contributed by atoms with E-state index in [0.717, 1.165) is 52.0 Å². The van der Waals surface area contributed by atoms with Crippen LogP contribution in [0.15, 0.2) is 65.7 Å². The number of halogens is 4. The fourth-order valence-electron chi connectivity index (χ4n) is 6.05. The Labute approximate surface area is 272 Å². The molecule has 0 unspecified atom stereocenters. The number of fused-ring (bicyclic) bond motifs is 1. The van der Waals surface area contributed by atoms with Gasteiger partial charge in [-0.2, -0.15) is 0 Å². The molecule has 224 valence electrons. The lowest BCUT2D eigenvalue weighted by molar-refractivity contribution is 0.163. The molecular weight excluding hydrogens is 620 g/mol. The SMILES string of the molecule is C=c1nc2cc(Nc3ccc(Cl)c(Cl)c3)/c(=N\C3CC(C)(C)NC(C)(C)C3)cc-2n(-c2ccc(Cl)c(Cl)c2)/c1=C/C=C\C. The third-order valence-corrected chi connectivity index (χ3v) is 8.90. The van der Waals surface area contributed by atoms with Crippen LogP contribution in [0.2, 0.25) is 20.1 Å². The first-order valence-corrected chi connectivity index (χ1v) is 15.7. The monoisotopic (exact) mass is 653 g/mol. The van der Waals surface area contributed by atoms with Crippen molar-refractivity contribution in [3.63, 3.8) is 0 Å². The fourth-order valence-corrected chi connectivity index (χ4v) is 6.64. The molecule has 0 spiro atoms. The van der Waals surface area contributed by atoms with Crippen molar-refractivity contribution in [1.29, 1.82) is 0 Å². The molecule has 43 heavy (non-hydrogen) atoms. The average Bonchev–Trinajstić information content (AvgIpc) is 2.90. The highest BCUT2D eigenvalue weighted by molar-refractivity contribution is 6.42. The van der Waals surface area contributed by atoms with Crippen LogP contribution in [0.3, 0.4) is 0 Å². The predicted octanol–water partition coefficient (Wildman–Crippen LogP) is 8.31. The highest BCUT2D eigenvalue weighted by atomic mass is 35.5. The summed E-state index contributed by atoms with van der Waals surface area (Å²) < 4.78 is 2.10. The van der Waals surface area contributed by atoms with Gasteiger partial charge in [0.15, 0.2) is 0 Å². The molecule has 2 aromatic rings. The van der Waals surface area contributed by atoms with Crippen LogP contribution >= 0.6 is 46.4 Å². The Morgan fingerprint density at radius 3 is 2.21 bits per heavy atom. The Morgan fingerprint density at radius 1 is 0.930 bits per heavy atom. The van der Waals surface area contributed by atoms with Gasteiger partial charge in [-0.15, -0.1) is 0 Å². The summed E-state index contributed by atoms with van der Waals surface area (Å²) in [6, 6.07) is 15.2. The third-order valence-electron chi connectivity index (χ3n) is 7.42. The number of anilines is 2. The van der Waals surface area contributed by atoms with Crippen LogP contribution in [0, 0.1) is 0 Å². The van der Waals surface area contributed by atoms with E-state index in [1.807, 2.05) is 49.4 Å². The fraction of sp³-hybridized carbons (Fsp3) is 0.294. The zero-order valence-corrected chi connectivity index (χ0v) is 27.9. The summed E-state index contributed by atoms with van der Waals surface area (Å²) in [4.78, 5) is 10.3. The lowest BCUT2D eigenvalue weighted by Crippen LogP contribution is -2.59. The van der Waals surface area contributed by atoms with Crippen LogP contribution in [0.5, 0.6) is 0 Å². The van der Waals surface area contributed by atoms with Crippen LogP contribution < -0.4 is 26.7 Å². The van der Waals surface area contributed by atoms with E-state index in [9.17, 15) is 0 Å². The Bertz CT molecular complexity index is 1860. The van der Waals surface area contributed by atoms with Gasteiger partial charge < -0.3 is 15.2 Å². The summed E-state index contributed by atoms with van der Waals surface area (Å²) in [7, 11) is 0. The van der Waals surface area contributed by atoms with Gasteiger partial charge in [0, 0.05) is 22.5 Å². The van der Waals surface area contributed by atoms with Crippen molar-refractivity contribution in [3.8, 4) is 17.1 Å². The largest absolute Gasteiger partial charge is 0.354 e. The maximum Gasteiger partial charge on any atom is 0.0900 e. The summed E-state index contributed by atoms with van der Waals surface area (Å²) in [5.74, 6) is 0. The number of hydrogen-bond donors (Lipinski definition) is 2. The van der Waals surface area contributed by atoms with Crippen LogP contribution in [-0.4, -0.2) is 26.7 Å². The van der Waals surface area contributed by atoms with Crippen molar-refractivity contribution < 1.29 is 0 Å². The highest BCUT2D eigenvalue weighted by Crippen LogP contribution is 2.32. The molecule has 5 rings (SSSR count). The molecule has 0 amide bonds. The Kier molecular flexibility index (Phi) is 9.04. The summed E-state index contributed by atoms with van der Waals surface area (Å²) in [6.45, 7) is 15.2. The van der Waals surface area contributed by atoms with Gasteiger partial charge in [0.1, 0.15) is 0 Å². The number of hydrogen-bond acceptors (Lipinski definition) is 4. The first kappa shape index (κ1) is 31.6. The molecule has 2 aliphatic heterocycles. The van der Waals surface area contributed by atoms with E-state index < -0.39 is 0 Å². The molecule has 2 N–H and O–H groups in total. The molecule has 1 fully saturated rings. The highest BCUT2D eigenvalue weighted by Gasteiger charge is 2.37. The lowest BCUT2D eigenvalue weighted by atomic mass is 9.80. The molecule has 1 aliphatic carbocycles. The second-order valence-corrected chi connectivity index (χ2v) is 13.9. The average molecular weight is 656 g/mol. The summed E-state index contributed by atoms with van der Waals surface area (Å²) in [6.07, 6.45) is 7.71. The zero-order chi connectivity index (χ0) is 31.1. The van der Waals surface area contributed by atoms with Gasteiger partial charge in [-0.3, -0.25) is 4.99 Å². The van der Waals surface area contributed by atoms with E-state index >= 15 is 0 Å². The minimum Gasteiger partial charge on any atom is -0.354 e. The molecule has 0 atom stereocenters. The van der Waals surface area contributed by atoms with Crippen molar-refractivity contribution in [2.24, 2.45) is 4.99 Å². The predicted molar refractivity (Wildman–Crippen MR) is 184 cm³/mol. The number of rotatable bonds is 5. The second-order valence-electron chi connectivity index (χ2n) is 12.3. The van der Waals surface area contributed by atoms with E-state index in [1.165, 1.54) is 0 Å². The molecule has 0 radical (unpaired) electrons. The van der Waals surface area contributed by atoms with Gasteiger partial charge in [0.2, 0.25) is 0 Å². The van der Waals surface area contributed by atoms with E-state index in [1.54, 1.807) is 18.2 Å². The van der Waals surface area contributed by atoms with E-state index in [0.29, 0.717) is 25.4 Å². The second kappa shape index (κ2) is 12.3. The van der Waals surface area contributed by atoms with Crippen molar-refractivity contribution >= 4 is 70.4 Å². The minimum atomic E-state index is -0.0665. The van der Waals surface area contributed by atoms with Crippen LogP contribution in [0.1, 0.15) is 47.5 Å². The first-order chi connectivity index (χ1) is 20.2. The van der Waals surface area contributed by atoms with Crippen LogP contribution in [0.4, 0.5) is 11.4 Å². The molecular formula is C34H35Cl4N5. The minimum absolute atomic E-state index is 0.0665. The molecule has 0 bridgehead atoms. The maximum atomic E-state index is 6.51. The quantitative estimate of drug-likeness (QED) is 0.228. The summed E-state index contributed by atoms with van der Waals surface area (Å²) in [5, 5.41) is 11.4. The van der Waals surface area contributed by atoms with Gasteiger partial charge >= 0.3 is 0 Å². The molecule has 1 saturated heterocycles. The van der Waals surface area contributed by atoms with Crippen molar-refractivity contribution in [2.45, 2.75) is 64.6 Å². The topological polar surface area (TPSA) is 54.2 Å². The molecule has 3 aliphatic rings. The number of allylic oxidation sites excluding steroid dienone is 2. The van der Waals surface area contributed by atoms with Gasteiger partial charge in [-0.05, 0) is 102 Å². The summed E-state index contributed by atoms with van der Waals surface area (Å²) in [5.41, 5.74) is 3.89. The van der Waals surface area contributed by atoms with Gasteiger partial charge in [-0.25, -0.2) is 4.98 Å². The van der Waals surface area contributed by atoms with Gasteiger partial charge in [0.05, 0.1) is 59.3 Å². The number of benzene rings is 3.